The standard InChI is InChI=1S/C15H14N4O6S/c20-13(8-3-10-12(17-26-16-10)11(4-8)19(23)24)18-5-9-6-25-2-1-15(9,7-18)14(21)22/h3-4,9H,1-2,5-7H2,(H,21,22)/t9-,15+/m0/s1. The van der Waals surface area contributed by atoms with Crippen LogP contribution in [-0.4, -0.2) is 61.9 Å². The first kappa shape index (κ1) is 16.8. The molecule has 1 aromatic heterocycles. The summed E-state index contributed by atoms with van der Waals surface area (Å²) in [5.74, 6) is -1.68. The number of ether oxygens (including phenoxy) is 1. The molecule has 26 heavy (non-hydrogen) atoms. The molecule has 0 bridgehead atoms. The molecule has 3 heterocycles. The fourth-order valence-corrected chi connectivity index (χ4v) is 4.31. The lowest BCUT2D eigenvalue weighted by molar-refractivity contribution is -0.383. The van der Waals surface area contributed by atoms with Gasteiger partial charge in [-0.3, -0.25) is 19.7 Å². The normalized spacial score (nSPS) is 25.2. The number of fused-ring (bicyclic) bond motifs is 2. The maximum Gasteiger partial charge on any atom is 0.311 e. The van der Waals surface area contributed by atoms with Gasteiger partial charge in [-0.05, 0) is 12.5 Å². The molecule has 2 atom stereocenters. The Balaban J connectivity index is 1.69. The summed E-state index contributed by atoms with van der Waals surface area (Å²) in [5, 5.41) is 21.0. The monoisotopic (exact) mass is 378 g/mol. The molecule has 2 aromatic rings. The van der Waals surface area contributed by atoms with Gasteiger partial charge in [0.1, 0.15) is 5.52 Å². The van der Waals surface area contributed by atoms with E-state index in [9.17, 15) is 24.8 Å². The Bertz CT molecular complexity index is 930. The number of nitrogens with zero attached hydrogens (tertiary/aromatic N) is 4. The summed E-state index contributed by atoms with van der Waals surface area (Å²) in [5.41, 5.74) is -0.779. The largest absolute Gasteiger partial charge is 0.481 e. The SMILES string of the molecule is O=C(c1cc([N+](=O)[O-])c2nsnc2c1)N1C[C@H]2COCC[C@@]2(C(=O)O)C1. The van der Waals surface area contributed by atoms with E-state index in [4.69, 9.17) is 4.74 Å². The van der Waals surface area contributed by atoms with Crippen LogP contribution in [0, 0.1) is 21.4 Å². The molecular weight excluding hydrogens is 364 g/mol. The van der Waals surface area contributed by atoms with Crippen molar-refractivity contribution >= 4 is 40.3 Å². The molecule has 136 valence electrons. The molecule has 0 spiro atoms. The molecule has 1 aromatic carbocycles. The van der Waals surface area contributed by atoms with Gasteiger partial charge in [0, 0.05) is 37.2 Å². The zero-order valence-corrected chi connectivity index (χ0v) is 14.3. The lowest BCUT2D eigenvalue weighted by Crippen LogP contribution is -2.45. The molecule has 0 aliphatic carbocycles. The summed E-state index contributed by atoms with van der Waals surface area (Å²) in [6, 6.07) is 2.64. The van der Waals surface area contributed by atoms with Gasteiger partial charge in [0.05, 0.1) is 28.7 Å². The first-order valence-electron chi connectivity index (χ1n) is 7.93. The minimum absolute atomic E-state index is 0.0658. The summed E-state index contributed by atoms with van der Waals surface area (Å²) in [4.78, 5) is 36.9. The average molecular weight is 378 g/mol. The predicted molar refractivity (Wildman–Crippen MR) is 89.0 cm³/mol. The maximum absolute atomic E-state index is 12.9. The van der Waals surface area contributed by atoms with E-state index in [2.05, 4.69) is 8.75 Å². The van der Waals surface area contributed by atoms with Crippen molar-refractivity contribution in [3.63, 3.8) is 0 Å². The van der Waals surface area contributed by atoms with E-state index < -0.39 is 22.2 Å². The molecule has 2 saturated heterocycles. The topological polar surface area (TPSA) is 136 Å². The van der Waals surface area contributed by atoms with Gasteiger partial charge in [-0.1, -0.05) is 0 Å². The number of aromatic nitrogens is 2. The van der Waals surface area contributed by atoms with Crippen LogP contribution in [0.5, 0.6) is 0 Å². The Morgan fingerprint density at radius 2 is 2.23 bits per heavy atom. The fraction of sp³-hybridized carbons (Fsp3) is 0.467. The van der Waals surface area contributed by atoms with Crippen LogP contribution in [0.4, 0.5) is 5.69 Å². The second kappa shape index (κ2) is 5.95. The molecule has 1 N–H and O–H groups in total. The zero-order chi connectivity index (χ0) is 18.5. The molecule has 10 nitrogen and oxygen atoms in total. The number of amides is 1. The number of non-ortho nitro benzene ring substituents is 1. The molecule has 0 saturated carbocycles. The van der Waals surface area contributed by atoms with E-state index >= 15 is 0 Å². The fourth-order valence-electron chi connectivity index (χ4n) is 3.77. The number of carbonyl (C=O) groups excluding carboxylic acids is 1. The number of benzene rings is 1. The number of likely N-dealkylation sites (tertiary alicyclic amines) is 1. The van der Waals surface area contributed by atoms with Crippen LogP contribution in [0.3, 0.4) is 0 Å². The number of nitro groups is 1. The number of hydrogen-bond acceptors (Lipinski definition) is 8. The summed E-state index contributed by atoms with van der Waals surface area (Å²) in [7, 11) is 0. The molecule has 11 heteroatoms. The number of nitro benzene ring substituents is 1. The van der Waals surface area contributed by atoms with Gasteiger partial charge in [0.25, 0.3) is 11.6 Å². The lowest BCUT2D eigenvalue weighted by Gasteiger charge is -2.33. The van der Waals surface area contributed by atoms with Crippen molar-refractivity contribution in [2.24, 2.45) is 11.3 Å². The second-order valence-corrected chi connectivity index (χ2v) is 7.08. The highest BCUT2D eigenvalue weighted by atomic mass is 32.1. The van der Waals surface area contributed by atoms with Crippen LogP contribution in [0.25, 0.3) is 11.0 Å². The van der Waals surface area contributed by atoms with Crippen molar-refractivity contribution in [3.8, 4) is 0 Å². The van der Waals surface area contributed by atoms with Crippen molar-refractivity contribution in [3.05, 3.63) is 27.8 Å². The van der Waals surface area contributed by atoms with Crippen LogP contribution < -0.4 is 0 Å². The number of hydrogen-bond donors (Lipinski definition) is 1. The predicted octanol–water partition coefficient (Wildman–Crippen LogP) is 1.16. The van der Waals surface area contributed by atoms with Crippen molar-refractivity contribution in [2.75, 3.05) is 26.3 Å². The van der Waals surface area contributed by atoms with E-state index in [-0.39, 0.29) is 47.9 Å². The van der Waals surface area contributed by atoms with E-state index in [1.165, 1.54) is 17.0 Å². The third-order valence-corrected chi connectivity index (χ3v) is 5.75. The number of aliphatic carboxylic acids is 1. The molecule has 0 radical (unpaired) electrons. The Hall–Kier alpha value is -2.66. The minimum atomic E-state index is -1.02. The minimum Gasteiger partial charge on any atom is -0.481 e. The third kappa shape index (κ3) is 2.42. The van der Waals surface area contributed by atoms with Crippen molar-refractivity contribution in [1.82, 2.24) is 13.6 Å². The third-order valence-electron chi connectivity index (χ3n) is 5.20. The van der Waals surface area contributed by atoms with E-state index in [1.54, 1.807) is 0 Å². The van der Waals surface area contributed by atoms with Gasteiger partial charge in [0.15, 0.2) is 5.52 Å². The molecule has 2 aliphatic rings. The van der Waals surface area contributed by atoms with Crippen molar-refractivity contribution < 1.29 is 24.4 Å². The van der Waals surface area contributed by atoms with Crippen LogP contribution in [-0.2, 0) is 9.53 Å². The average Bonchev–Trinajstić information content (AvgIpc) is 3.24. The van der Waals surface area contributed by atoms with Crippen LogP contribution >= 0.6 is 11.7 Å². The quantitative estimate of drug-likeness (QED) is 0.621. The van der Waals surface area contributed by atoms with Crippen LogP contribution in [0.15, 0.2) is 12.1 Å². The number of carboxylic acids is 1. The van der Waals surface area contributed by atoms with Crippen molar-refractivity contribution in [1.29, 1.82) is 0 Å². The van der Waals surface area contributed by atoms with Gasteiger partial charge >= 0.3 is 5.97 Å². The highest BCUT2D eigenvalue weighted by Gasteiger charge is 2.55. The smallest absolute Gasteiger partial charge is 0.311 e. The highest BCUT2D eigenvalue weighted by molar-refractivity contribution is 7.00. The first-order chi connectivity index (χ1) is 12.4. The summed E-state index contributed by atoms with van der Waals surface area (Å²) in [6.07, 6.45) is 0.339. The summed E-state index contributed by atoms with van der Waals surface area (Å²) in [6.45, 7) is 0.931. The summed E-state index contributed by atoms with van der Waals surface area (Å²) < 4.78 is 13.3. The second-order valence-electron chi connectivity index (χ2n) is 6.55. The number of rotatable bonds is 3. The molecule has 2 fully saturated rings. The Morgan fingerprint density at radius 1 is 1.42 bits per heavy atom. The number of carbonyl (C=O) groups is 2. The Kier molecular flexibility index (Phi) is 3.84. The van der Waals surface area contributed by atoms with E-state index in [1.807, 2.05) is 0 Å². The van der Waals surface area contributed by atoms with Crippen LogP contribution in [0.1, 0.15) is 16.8 Å². The first-order valence-corrected chi connectivity index (χ1v) is 8.66. The van der Waals surface area contributed by atoms with Gasteiger partial charge < -0.3 is 14.7 Å². The van der Waals surface area contributed by atoms with Gasteiger partial charge in [-0.2, -0.15) is 8.75 Å². The molecule has 1 amide bonds. The molecular formula is C15H14N4O6S. The number of carboxylic acid groups (broad SMARTS) is 1. The summed E-state index contributed by atoms with van der Waals surface area (Å²) >= 11 is 0.833. The van der Waals surface area contributed by atoms with E-state index in [0.717, 1.165) is 11.7 Å². The van der Waals surface area contributed by atoms with Gasteiger partial charge in [-0.25, -0.2) is 0 Å². The van der Waals surface area contributed by atoms with Crippen molar-refractivity contribution in [2.45, 2.75) is 6.42 Å². The van der Waals surface area contributed by atoms with Gasteiger partial charge in [-0.15, -0.1) is 0 Å². The Labute approximate surface area is 150 Å². The molecule has 2 aliphatic heterocycles. The molecule has 4 rings (SSSR count). The highest BCUT2D eigenvalue weighted by Crippen LogP contribution is 2.43. The lowest BCUT2D eigenvalue weighted by atomic mass is 9.74. The van der Waals surface area contributed by atoms with Crippen LogP contribution in [0.2, 0.25) is 0 Å². The van der Waals surface area contributed by atoms with Gasteiger partial charge in [0.2, 0.25) is 0 Å². The van der Waals surface area contributed by atoms with E-state index in [0.29, 0.717) is 13.0 Å². The Morgan fingerprint density at radius 3 is 2.92 bits per heavy atom. The maximum atomic E-state index is 12.9. The zero-order valence-electron chi connectivity index (χ0n) is 13.5. The molecule has 0 unspecified atom stereocenters.